The lowest BCUT2D eigenvalue weighted by molar-refractivity contribution is 0.0765. The molecule has 0 bridgehead atoms. The topological polar surface area (TPSA) is 75.7 Å². The van der Waals surface area contributed by atoms with E-state index < -0.39 is 20.7 Å². The van der Waals surface area contributed by atoms with E-state index in [1.54, 1.807) is 4.90 Å². The fourth-order valence-corrected chi connectivity index (χ4v) is 4.04. The van der Waals surface area contributed by atoms with Gasteiger partial charge in [-0.15, -0.1) is 0 Å². The van der Waals surface area contributed by atoms with E-state index in [2.05, 4.69) is 4.72 Å². The van der Waals surface area contributed by atoms with Crippen LogP contribution >= 0.6 is 0 Å². The average Bonchev–Trinajstić information content (AvgIpc) is 3.17. The maximum absolute atomic E-state index is 13.8. The minimum absolute atomic E-state index is 0.0234. The number of hydrogen-bond acceptors (Lipinski definition) is 4. The van der Waals surface area contributed by atoms with E-state index >= 15 is 0 Å². The van der Waals surface area contributed by atoms with Crippen LogP contribution in [-0.4, -0.2) is 52.6 Å². The van der Waals surface area contributed by atoms with Crippen LogP contribution in [-0.2, 0) is 14.8 Å². The van der Waals surface area contributed by atoms with Crippen molar-refractivity contribution in [1.82, 2.24) is 9.62 Å². The van der Waals surface area contributed by atoms with Gasteiger partial charge in [0.15, 0.2) is 0 Å². The molecule has 2 heterocycles. The standard InChI is InChI=1S/C15H19FN2O4S/c1-17-23(20,21)13-8-11(2-3-12(13)16)14(19)18-6-4-15(9-18)5-7-22-10-15/h2-3,8,17H,4-7,9-10H2,1H3/t15-/m1/s1. The zero-order valence-corrected chi connectivity index (χ0v) is 13.7. The molecule has 126 valence electrons. The second-order valence-electron chi connectivity index (χ2n) is 6.13. The molecule has 0 unspecified atom stereocenters. The molecule has 0 aromatic heterocycles. The van der Waals surface area contributed by atoms with Gasteiger partial charge in [-0.2, -0.15) is 0 Å². The lowest BCUT2D eigenvalue weighted by Gasteiger charge is -2.22. The normalized spacial score (nSPS) is 24.5. The summed E-state index contributed by atoms with van der Waals surface area (Å²) < 4.78 is 44.9. The molecule has 2 aliphatic heterocycles. The van der Waals surface area contributed by atoms with Crippen molar-refractivity contribution in [3.63, 3.8) is 0 Å². The highest BCUT2D eigenvalue weighted by atomic mass is 32.2. The van der Waals surface area contributed by atoms with Crippen LogP contribution in [0.2, 0.25) is 0 Å². The number of halogens is 1. The molecule has 3 rings (SSSR count). The van der Waals surface area contributed by atoms with Gasteiger partial charge >= 0.3 is 0 Å². The van der Waals surface area contributed by atoms with Crippen molar-refractivity contribution >= 4 is 15.9 Å². The molecule has 1 aromatic carbocycles. The molecular weight excluding hydrogens is 323 g/mol. The Morgan fingerprint density at radius 2 is 2.17 bits per heavy atom. The maximum atomic E-state index is 13.8. The summed E-state index contributed by atoms with van der Waals surface area (Å²) in [6.07, 6.45) is 1.81. The van der Waals surface area contributed by atoms with Gasteiger partial charge in [-0.05, 0) is 38.1 Å². The van der Waals surface area contributed by atoms with Gasteiger partial charge in [0.2, 0.25) is 10.0 Å². The van der Waals surface area contributed by atoms with Crippen molar-refractivity contribution in [2.24, 2.45) is 5.41 Å². The summed E-state index contributed by atoms with van der Waals surface area (Å²) in [5.41, 5.74) is 0.200. The Kier molecular flexibility index (Phi) is 4.16. The van der Waals surface area contributed by atoms with Crippen LogP contribution in [0.4, 0.5) is 4.39 Å². The predicted molar refractivity (Wildman–Crippen MR) is 81.0 cm³/mol. The molecule has 2 saturated heterocycles. The highest BCUT2D eigenvalue weighted by Crippen LogP contribution is 2.38. The Labute approximate surface area is 134 Å². The lowest BCUT2D eigenvalue weighted by Crippen LogP contribution is -2.32. The first kappa shape index (κ1) is 16.4. The molecule has 1 N–H and O–H groups in total. The second kappa shape index (κ2) is 5.85. The van der Waals surface area contributed by atoms with Crippen molar-refractivity contribution in [3.8, 4) is 0 Å². The number of ether oxygens (including phenoxy) is 1. The summed E-state index contributed by atoms with van der Waals surface area (Å²) in [5, 5.41) is 0. The Hall–Kier alpha value is -1.51. The maximum Gasteiger partial charge on any atom is 0.253 e. The number of carbonyl (C=O) groups is 1. The Morgan fingerprint density at radius 3 is 2.83 bits per heavy atom. The van der Waals surface area contributed by atoms with Gasteiger partial charge in [0, 0.05) is 30.7 Å². The largest absolute Gasteiger partial charge is 0.381 e. The van der Waals surface area contributed by atoms with Gasteiger partial charge in [-0.3, -0.25) is 4.79 Å². The molecule has 1 spiro atoms. The summed E-state index contributed by atoms with van der Waals surface area (Å²) >= 11 is 0. The average molecular weight is 342 g/mol. The molecular formula is C15H19FN2O4S. The number of amides is 1. The number of rotatable bonds is 3. The number of nitrogens with zero attached hydrogens (tertiary/aromatic N) is 1. The molecule has 2 aliphatic rings. The second-order valence-corrected chi connectivity index (χ2v) is 7.99. The molecule has 0 saturated carbocycles. The van der Waals surface area contributed by atoms with E-state index in [4.69, 9.17) is 4.74 Å². The first-order valence-electron chi connectivity index (χ1n) is 7.47. The monoisotopic (exact) mass is 342 g/mol. The lowest BCUT2D eigenvalue weighted by atomic mass is 9.87. The Bertz CT molecular complexity index is 729. The summed E-state index contributed by atoms with van der Waals surface area (Å²) in [7, 11) is -2.74. The summed E-state index contributed by atoms with van der Waals surface area (Å²) in [6, 6.07) is 3.43. The third-order valence-electron chi connectivity index (χ3n) is 4.65. The zero-order chi connectivity index (χ0) is 16.7. The highest BCUT2D eigenvalue weighted by Gasteiger charge is 2.43. The summed E-state index contributed by atoms with van der Waals surface area (Å²) in [5.74, 6) is -1.15. The molecule has 0 aliphatic carbocycles. The predicted octanol–water partition coefficient (Wildman–Crippen LogP) is 0.986. The molecule has 23 heavy (non-hydrogen) atoms. The van der Waals surface area contributed by atoms with Gasteiger partial charge in [-0.1, -0.05) is 0 Å². The number of carbonyl (C=O) groups excluding carboxylic acids is 1. The van der Waals surface area contributed by atoms with E-state index in [0.717, 1.165) is 25.0 Å². The minimum atomic E-state index is -3.95. The summed E-state index contributed by atoms with van der Waals surface area (Å²) in [4.78, 5) is 13.8. The van der Waals surface area contributed by atoms with Crippen molar-refractivity contribution < 1.29 is 22.3 Å². The molecule has 1 aromatic rings. The van der Waals surface area contributed by atoms with Gasteiger partial charge in [0.25, 0.3) is 5.91 Å². The smallest absolute Gasteiger partial charge is 0.253 e. The molecule has 0 radical (unpaired) electrons. The van der Waals surface area contributed by atoms with Crippen LogP contribution < -0.4 is 4.72 Å². The SMILES string of the molecule is CNS(=O)(=O)c1cc(C(=O)N2CC[C@@]3(CCOC3)C2)ccc1F. The number of sulfonamides is 1. The van der Waals surface area contributed by atoms with E-state index in [1.165, 1.54) is 13.1 Å². The van der Waals surface area contributed by atoms with Crippen LogP contribution in [0.1, 0.15) is 23.2 Å². The van der Waals surface area contributed by atoms with E-state index in [-0.39, 0.29) is 16.9 Å². The number of likely N-dealkylation sites (tertiary alicyclic amines) is 1. The van der Waals surface area contributed by atoms with Gasteiger partial charge in [0.05, 0.1) is 6.61 Å². The van der Waals surface area contributed by atoms with Gasteiger partial charge in [0.1, 0.15) is 10.7 Å². The Morgan fingerprint density at radius 1 is 1.39 bits per heavy atom. The van der Waals surface area contributed by atoms with Crippen molar-refractivity contribution in [3.05, 3.63) is 29.6 Å². The first-order valence-corrected chi connectivity index (χ1v) is 8.95. The van der Waals surface area contributed by atoms with Crippen LogP contribution in [0.15, 0.2) is 23.1 Å². The fourth-order valence-electron chi connectivity index (χ4n) is 3.21. The molecule has 2 fully saturated rings. The zero-order valence-electron chi connectivity index (χ0n) is 12.8. The molecule has 8 heteroatoms. The van der Waals surface area contributed by atoms with Crippen LogP contribution in [0.5, 0.6) is 0 Å². The van der Waals surface area contributed by atoms with Crippen LogP contribution in [0.25, 0.3) is 0 Å². The third kappa shape index (κ3) is 2.98. The summed E-state index contributed by atoms with van der Waals surface area (Å²) in [6.45, 7) is 2.56. The molecule has 1 atom stereocenters. The van der Waals surface area contributed by atoms with E-state index in [1.807, 2.05) is 0 Å². The third-order valence-corrected chi connectivity index (χ3v) is 6.08. The quantitative estimate of drug-likeness (QED) is 0.889. The van der Waals surface area contributed by atoms with Gasteiger partial charge < -0.3 is 9.64 Å². The van der Waals surface area contributed by atoms with Crippen molar-refractivity contribution in [2.75, 3.05) is 33.4 Å². The fraction of sp³-hybridized carbons (Fsp3) is 0.533. The Balaban J connectivity index is 1.85. The highest BCUT2D eigenvalue weighted by molar-refractivity contribution is 7.89. The van der Waals surface area contributed by atoms with E-state index in [9.17, 15) is 17.6 Å². The number of hydrogen-bond donors (Lipinski definition) is 1. The van der Waals surface area contributed by atoms with Gasteiger partial charge in [-0.25, -0.2) is 17.5 Å². The molecule has 6 nitrogen and oxygen atoms in total. The number of nitrogens with one attached hydrogen (secondary N) is 1. The van der Waals surface area contributed by atoms with Crippen LogP contribution in [0.3, 0.4) is 0 Å². The molecule has 1 amide bonds. The van der Waals surface area contributed by atoms with Crippen LogP contribution in [0, 0.1) is 11.2 Å². The minimum Gasteiger partial charge on any atom is -0.381 e. The van der Waals surface area contributed by atoms with Crippen molar-refractivity contribution in [2.45, 2.75) is 17.7 Å². The van der Waals surface area contributed by atoms with Crippen molar-refractivity contribution in [1.29, 1.82) is 0 Å². The first-order chi connectivity index (χ1) is 10.9. The number of benzene rings is 1. The van der Waals surface area contributed by atoms with E-state index in [0.29, 0.717) is 26.3 Å².